The SMILES string of the molecule is NC(=O)Cn1ccnc1[C@H]1CCCN(C(=O)CCc2cccs2)C1. The van der Waals surface area contributed by atoms with Gasteiger partial charge in [-0.15, -0.1) is 11.3 Å². The lowest BCUT2D eigenvalue weighted by Gasteiger charge is -2.32. The molecule has 1 aliphatic heterocycles. The van der Waals surface area contributed by atoms with E-state index < -0.39 is 0 Å². The van der Waals surface area contributed by atoms with Crippen LogP contribution in [0.15, 0.2) is 29.9 Å². The maximum Gasteiger partial charge on any atom is 0.237 e. The fourth-order valence-corrected chi connectivity index (χ4v) is 3.95. The summed E-state index contributed by atoms with van der Waals surface area (Å²) in [5, 5.41) is 2.04. The Kier molecular flexibility index (Phi) is 5.30. The Morgan fingerprint density at radius 2 is 2.29 bits per heavy atom. The number of hydrogen-bond acceptors (Lipinski definition) is 4. The highest BCUT2D eigenvalue weighted by atomic mass is 32.1. The number of amides is 2. The monoisotopic (exact) mass is 346 g/mol. The molecule has 0 radical (unpaired) electrons. The Hall–Kier alpha value is -2.15. The Morgan fingerprint density at radius 1 is 1.42 bits per heavy atom. The molecule has 1 saturated heterocycles. The summed E-state index contributed by atoms with van der Waals surface area (Å²) in [5.74, 6) is 0.832. The van der Waals surface area contributed by atoms with E-state index in [1.807, 2.05) is 16.3 Å². The van der Waals surface area contributed by atoms with Gasteiger partial charge in [0.15, 0.2) is 0 Å². The molecule has 0 aromatic carbocycles. The van der Waals surface area contributed by atoms with Gasteiger partial charge in [0.05, 0.1) is 0 Å². The standard InChI is InChI=1S/C17H22N4O2S/c18-15(22)12-21-9-7-19-17(21)13-3-1-8-20(11-13)16(23)6-5-14-4-2-10-24-14/h2,4,7,9-10,13H,1,3,5-6,8,11-12H2,(H2,18,22)/t13-/m0/s1. The molecule has 0 saturated carbocycles. The van der Waals surface area contributed by atoms with Gasteiger partial charge in [0, 0.05) is 42.7 Å². The maximum absolute atomic E-state index is 12.5. The second-order valence-electron chi connectivity index (χ2n) is 6.14. The van der Waals surface area contributed by atoms with Crippen LogP contribution in [-0.2, 0) is 22.6 Å². The van der Waals surface area contributed by atoms with Gasteiger partial charge in [0.25, 0.3) is 0 Å². The van der Waals surface area contributed by atoms with Crippen LogP contribution >= 0.6 is 11.3 Å². The quantitative estimate of drug-likeness (QED) is 0.865. The van der Waals surface area contributed by atoms with Gasteiger partial charge >= 0.3 is 0 Å². The van der Waals surface area contributed by atoms with Crippen LogP contribution in [0.2, 0.25) is 0 Å². The molecule has 1 atom stereocenters. The third kappa shape index (κ3) is 4.03. The van der Waals surface area contributed by atoms with Crippen molar-refractivity contribution in [3.05, 3.63) is 40.6 Å². The molecule has 3 rings (SSSR count). The van der Waals surface area contributed by atoms with Crippen LogP contribution in [0.1, 0.15) is 35.9 Å². The fourth-order valence-electron chi connectivity index (χ4n) is 3.24. The number of aromatic nitrogens is 2. The summed E-state index contributed by atoms with van der Waals surface area (Å²) in [6.07, 6.45) is 6.74. The third-order valence-electron chi connectivity index (χ3n) is 4.38. The fraction of sp³-hybridized carbons (Fsp3) is 0.471. The molecule has 0 spiro atoms. The van der Waals surface area contributed by atoms with Crippen LogP contribution in [-0.4, -0.2) is 39.4 Å². The van der Waals surface area contributed by atoms with Crippen LogP contribution in [0, 0.1) is 0 Å². The van der Waals surface area contributed by atoms with E-state index in [1.165, 1.54) is 4.88 Å². The highest BCUT2D eigenvalue weighted by molar-refractivity contribution is 7.09. The molecule has 2 aromatic rings. The number of primary amides is 1. The van der Waals surface area contributed by atoms with Gasteiger partial charge in [-0.3, -0.25) is 9.59 Å². The molecule has 1 fully saturated rings. The van der Waals surface area contributed by atoms with Gasteiger partial charge in [0.1, 0.15) is 12.4 Å². The number of imidazole rings is 1. The Bertz CT molecular complexity index is 695. The number of carbonyl (C=O) groups excluding carboxylic acids is 2. The number of nitrogens with zero attached hydrogens (tertiary/aromatic N) is 3. The molecule has 2 aromatic heterocycles. The van der Waals surface area contributed by atoms with Crippen LogP contribution < -0.4 is 5.73 Å². The van der Waals surface area contributed by atoms with Crippen molar-refractivity contribution in [1.82, 2.24) is 14.5 Å². The Labute approximate surface area is 145 Å². The Balaban J connectivity index is 1.60. The number of rotatable bonds is 6. The minimum absolute atomic E-state index is 0.137. The van der Waals surface area contributed by atoms with Crippen LogP contribution in [0.4, 0.5) is 0 Å². The Morgan fingerprint density at radius 3 is 3.04 bits per heavy atom. The maximum atomic E-state index is 12.5. The van der Waals surface area contributed by atoms with Crippen LogP contribution in [0.3, 0.4) is 0 Å². The lowest BCUT2D eigenvalue weighted by molar-refractivity contribution is -0.132. The van der Waals surface area contributed by atoms with E-state index in [1.54, 1.807) is 28.3 Å². The third-order valence-corrected chi connectivity index (χ3v) is 5.31. The van der Waals surface area contributed by atoms with Gasteiger partial charge in [-0.2, -0.15) is 0 Å². The van der Waals surface area contributed by atoms with Crippen molar-refractivity contribution >= 4 is 23.2 Å². The zero-order valence-electron chi connectivity index (χ0n) is 13.6. The van der Waals surface area contributed by atoms with Crippen LogP contribution in [0.25, 0.3) is 0 Å². The number of likely N-dealkylation sites (tertiary alicyclic amines) is 1. The van der Waals surface area contributed by atoms with Gasteiger partial charge in [0.2, 0.25) is 11.8 Å². The number of piperidine rings is 1. The molecule has 128 valence electrons. The molecule has 2 N–H and O–H groups in total. The molecule has 2 amide bonds. The van der Waals surface area contributed by atoms with E-state index in [0.29, 0.717) is 13.0 Å². The van der Waals surface area contributed by atoms with E-state index in [2.05, 4.69) is 11.1 Å². The summed E-state index contributed by atoms with van der Waals surface area (Å²) < 4.78 is 1.80. The van der Waals surface area contributed by atoms with Gasteiger partial charge in [-0.25, -0.2) is 4.98 Å². The van der Waals surface area contributed by atoms with Crippen molar-refractivity contribution in [3.8, 4) is 0 Å². The second-order valence-corrected chi connectivity index (χ2v) is 7.17. The lowest BCUT2D eigenvalue weighted by Crippen LogP contribution is -2.40. The molecule has 0 bridgehead atoms. The molecule has 1 aliphatic rings. The largest absolute Gasteiger partial charge is 0.368 e. The number of carbonyl (C=O) groups is 2. The normalized spacial score (nSPS) is 17.8. The predicted molar refractivity (Wildman–Crippen MR) is 92.6 cm³/mol. The first kappa shape index (κ1) is 16.7. The van der Waals surface area contributed by atoms with Crippen molar-refractivity contribution in [2.45, 2.75) is 38.1 Å². The van der Waals surface area contributed by atoms with E-state index >= 15 is 0 Å². The lowest BCUT2D eigenvalue weighted by atomic mass is 9.96. The summed E-state index contributed by atoms with van der Waals surface area (Å²) in [4.78, 5) is 31.3. The van der Waals surface area contributed by atoms with E-state index in [0.717, 1.165) is 31.6 Å². The first-order valence-corrected chi connectivity index (χ1v) is 9.11. The molecule has 0 aliphatic carbocycles. The minimum Gasteiger partial charge on any atom is -0.368 e. The summed E-state index contributed by atoms with van der Waals surface area (Å²) in [6.45, 7) is 1.60. The van der Waals surface area contributed by atoms with Gasteiger partial charge in [-0.05, 0) is 30.7 Å². The molecular weight excluding hydrogens is 324 g/mol. The first-order valence-electron chi connectivity index (χ1n) is 8.23. The number of aryl methyl sites for hydroxylation is 1. The predicted octanol–water partition coefficient (Wildman–Crippen LogP) is 1.77. The molecule has 3 heterocycles. The van der Waals surface area contributed by atoms with E-state index in [9.17, 15) is 9.59 Å². The topological polar surface area (TPSA) is 81.2 Å². The van der Waals surface area contributed by atoms with Crippen molar-refractivity contribution in [2.75, 3.05) is 13.1 Å². The summed E-state index contributed by atoms with van der Waals surface area (Å²) in [6, 6.07) is 4.08. The summed E-state index contributed by atoms with van der Waals surface area (Å²) >= 11 is 1.69. The van der Waals surface area contributed by atoms with Crippen molar-refractivity contribution in [3.63, 3.8) is 0 Å². The molecule has 6 nitrogen and oxygen atoms in total. The van der Waals surface area contributed by atoms with E-state index in [4.69, 9.17) is 5.73 Å². The van der Waals surface area contributed by atoms with Crippen molar-refractivity contribution in [1.29, 1.82) is 0 Å². The average molecular weight is 346 g/mol. The summed E-state index contributed by atoms with van der Waals surface area (Å²) in [5.41, 5.74) is 5.29. The van der Waals surface area contributed by atoms with Crippen LogP contribution in [0.5, 0.6) is 0 Å². The molecule has 0 unspecified atom stereocenters. The smallest absolute Gasteiger partial charge is 0.237 e. The van der Waals surface area contributed by atoms with Crippen molar-refractivity contribution in [2.24, 2.45) is 5.73 Å². The second kappa shape index (κ2) is 7.61. The highest BCUT2D eigenvalue weighted by Crippen LogP contribution is 2.26. The number of hydrogen-bond donors (Lipinski definition) is 1. The minimum atomic E-state index is -0.381. The zero-order valence-corrected chi connectivity index (χ0v) is 14.4. The number of thiophene rings is 1. The van der Waals surface area contributed by atoms with Gasteiger partial charge < -0.3 is 15.2 Å². The first-order chi connectivity index (χ1) is 11.6. The van der Waals surface area contributed by atoms with Crippen molar-refractivity contribution < 1.29 is 9.59 Å². The number of nitrogens with two attached hydrogens (primary N) is 1. The van der Waals surface area contributed by atoms with Gasteiger partial charge in [-0.1, -0.05) is 6.07 Å². The zero-order chi connectivity index (χ0) is 16.9. The molecule has 7 heteroatoms. The molecular formula is C17H22N4O2S. The molecule has 24 heavy (non-hydrogen) atoms. The van der Waals surface area contributed by atoms with E-state index in [-0.39, 0.29) is 24.3 Å². The average Bonchev–Trinajstić information content (AvgIpc) is 3.24. The highest BCUT2D eigenvalue weighted by Gasteiger charge is 2.27. The summed E-state index contributed by atoms with van der Waals surface area (Å²) in [7, 11) is 0.